The standard InChI is InChI=1S/C18H24N2O5S2/c1-5-19(6-2)27(23,24)16-11-15(8-7-13(16)3)17(21)25-10-9-20-14(4)12-26-18(20)22/h7-8,11-12H,5-6,9-10H2,1-4H3. The summed E-state index contributed by atoms with van der Waals surface area (Å²) in [5, 5.41) is 1.74. The van der Waals surface area contributed by atoms with Gasteiger partial charge in [-0.05, 0) is 31.5 Å². The number of ether oxygens (including phenoxy) is 1. The van der Waals surface area contributed by atoms with Gasteiger partial charge in [-0.1, -0.05) is 31.3 Å². The number of sulfonamides is 1. The number of nitrogens with zero attached hydrogens (tertiary/aromatic N) is 2. The van der Waals surface area contributed by atoms with Gasteiger partial charge in [0.15, 0.2) is 0 Å². The summed E-state index contributed by atoms with van der Waals surface area (Å²) in [7, 11) is -3.67. The van der Waals surface area contributed by atoms with E-state index in [9.17, 15) is 18.0 Å². The monoisotopic (exact) mass is 412 g/mol. The normalized spacial score (nSPS) is 11.7. The number of thiazole rings is 1. The van der Waals surface area contributed by atoms with Gasteiger partial charge in [-0.3, -0.25) is 9.36 Å². The van der Waals surface area contributed by atoms with Crippen LogP contribution in [0.1, 0.15) is 35.5 Å². The number of aryl methyl sites for hydroxylation is 2. The molecule has 0 N–H and O–H groups in total. The molecule has 0 aliphatic heterocycles. The molecular formula is C18H24N2O5S2. The largest absolute Gasteiger partial charge is 0.460 e. The number of hydrogen-bond acceptors (Lipinski definition) is 6. The SMILES string of the molecule is CCN(CC)S(=O)(=O)c1cc(C(=O)OCCn2c(C)csc2=O)ccc1C. The van der Waals surface area contributed by atoms with Gasteiger partial charge in [0.1, 0.15) is 6.61 Å². The number of carbonyl (C=O) groups excluding carboxylic acids is 1. The molecule has 0 atom stereocenters. The summed E-state index contributed by atoms with van der Waals surface area (Å²) in [6.45, 7) is 8.02. The molecule has 27 heavy (non-hydrogen) atoms. The first-order valence-electron chi connectivity index (χ1n) is 8.65. The van der Waals surface area contributed by atoms with Crippen LogP contribution in [0.4, 0.5) is 0 Å². The molecular weight excluding hydrogens is 388 g/mol. The fraction of sp³-hybridized carbons (Fsp3) is 0.444. The van der Waals surface area contributed by atoms with E-state index in [1.165, 1.54) is 14.9 Å². The number of carbonyl (C=O) groups is 1. The Bertz CT molecular complexity index is 972. The Kier molecular flexibility index (Phi) is 6.96. The zero-order valence-electron chi connectivity index (χ0n) is 15.9. The molecule has 9 heteroatoms. The maximum absolute atomic E-state index is 12.8. The molecule has 0 saturated heterocycles. The van der Waals surface area contributed by atoms with Crippen molar-refractivity contribution < 1.29 is 17.9 Å². The van der Waals surface area contributed by atoms with Crippen molar-refractivity contribution in [2.45, 2.75) is 39.1 Å². The molecule has 0 amide bonds. The highest BCUT2D eigenvalue weighted by atomic mass is 32.2. The van der Waals surface area contributed by atoms with E-state index in [0.29, 0.717) is 18.7 Å². The molecule has 1 aromatic heterocycles. The summed E-state index contributed by atoms with van der Waals surface area (Å²) in [5.74, 6) is -0.619. The van der Waals surface area contributed by atoms with Crippen molar-refractivity contribution in [3.63, 3.8) is 0 Å². The molecule has 0 fully saturated rings. The minimum absolute atomic E-state index is 0.0301. The van der Waals surface area contributed by atoms with Gasteiger partial charge in [-0.2, -0.15) is 4.31 Å². The Morgan fingerprint density at radius 2 is 1.89 bits per heavy atom. The number of aromatic nitrogens is 1. The van der Waals surface area contributed by atoms with Crippen LogP contribution >= 0.6 is 11.3 Å². The molecule has 0 aliphatic rings. The first-order chi connectivity index (χ1) is 12.7. The number of rotatable bonds is 8. The smallest absolute Gasteiger partial charge is 0.338 e. The van der Waals surface area contributed by atoms with Gasteiger partial charge in [-0.25, -0.2) is 13.2 Å². The summed E-state index contributed by atoms with van der Waals surface area (Å²) < 4.78 is 33.6. The third-order valence-electron chi connectivity index (χ3n) is 4.27. The van der Waals surface area contributed by atoms with E-state index in [1.54, 1.807) is 38.3 Å². The molecule has 1 aromatic carbocycles. The first-order valence-corrected chi connectivity index (χ1v) is 11.0. The molecule has 0 radical (unpaired) electrons. The Hall–Kier alpha value is -1.97. The summed E-state index contributed by atoms with van der Waals surface area (Å²) in [5.41, 5.74) is 1.55. The number of esters is 1. The Balaban J connectivity index is 2.17. The van der Waals surface area contributed by atoms with Crippen LogP contribution < -0.4 is 4.87 Å². The Labute approximate surface area is 163 Å². The summed E-state index contributed by atoms with van der Waals surface area (Å²) in [4.78, 5) is 24.0. The van der Waals surface area contributed by atoms with E-state index in [1.807, 2.05) is 6.92 Å². The lowest BCUT2D eigenvalue weighted by Gasteiger charge is -2.20. The number of benzene rings is 1. The Morgan fingerprint density at radius 3 is 2.44 bits per heavy atom. The van der Waals surface area contributed by atoms with Gasteiger partial charge in [0.25, 0.3) is 0 Å². The van der Waals surface area contributed by atoms with Gasteiger partial charge in [0.05, 0.1) is 17.0 Å². The predicted octanol–water partition coefficient (Wildman–Crippen LogP) is 2.41. The van der Waals surface area contributed by atoms with Crippen LogP contribution in [0.3, 0.4) is 0 Å². The first kappa shape index (κ1) is 21.3. The third-order valence-corrected chi connectivity index (χ3v) is 7.34. The molecule has 2 aromatic rings. The van der Waals surface area contributed by atoms with E-state index in [-0.39, 0.29) is 28.5 Å². The molecule has 0 bridgehead atoms. The lowest BCUT2D eigenvalue weighted by atomic mass is 10.1. The average Bonchev–Trinajstić information content (AvgIpc) is 2.94. The third kappa shape index (κ3) is 4.66. The minimum Gasteiger partial charge on any atom is -0.460 e. The fourth-order valence-corrected chi connectivity index (χ4v) is 5.17. The molecule has 0 spiro atoms. The van der Waals surface area contributed by atoms with Gasteiger partial charge in [-0.15, -0.1) is 0 Å². The minimum atomic E-state index is -3.67. The van der Waals surface area contributed by atoms with Crippen molar-refractivity contribution in [3.05, 3.63) is 50.1 Å². The summed E-state index contributed by atoms with van der Waals surface area (Å²) in [6.07, 6.45) is 0. The van der Waals surface area contributed by atoms with Crippen molar-refractivity contribution >= 4 is 27.3 Å². The van der Waals surface area contributed by atoms with Crippen molar-refractivity contribution in [1.29, 1.82) is 0 Å². The van der Waals surface area contributed by atoms with E-state index < -0.39 is 16.0 Å². The van der Waals surface area contributed by atoms with Gasteiger partial charge in [0, 0.05) is 24.2 Å². The van der Waals surface area contributed by atoms with Crippen molar-refractivity contribution in [3.8, 4) is 0 Å². The molecule has 0 saturated carbocycles. The van der Waals surface area contributed by atoms with Crippen LogP contribution in [0.15, 0.2) is 33.3 Å². The molecule has 7 nitrogen and oxygen atoms in total. The fourth-order valence-electron chi connectivity index (χ4n) is 2.70. The quantitative estimate of drug-likeness (QED) is 0.622. The summed E-state index contributed by atoms with van der Waals surface area (Å²) in [6, 6.07) is 4.49. The second-order valence-corrected chi connectivity index (χ2v) is 8.73. The highest BCUT2D eigenvalue weighted by molar-refractivity contribution is 7.89. The van der Waals surface area contributed by atoms with E-state index in [2.05, 4.69) is 0 Å². The molecule has 0 unspecified atom stereocenters. The lowest BCUT2D eigenvalue weighted by Crippen LogP contribution is -2.31. The predicted molar refractivity (Wildman–Crippen MR) is 105 cm³/mol. The highest BCUT2D eigenvalue weighted by Crippen LogP contribution is 2.21. The average molecular weight is 413 g/mol. The zero-order valence-corrected chi connectivity index (χ0v) is 17.5. The van der Waals surface area contributed by atoms with E-state index in [4.69, 9.17) is 4.74 Å². The van der Waals surface area contributed by atoms with Crippen LogP contribution in [0.25, 0.3) is 0 Å². The van der Waals surface area contributed by atoms with E-state index in [0.717, 1.165) is 17.0 Å². The molecule has 148 valence electrons. The topological polar surface area (TPSA) is 85.7 Å². The van der Waals surface area contributed by atoms with Crippen molar-refractivity contribution in [1.82, 2.24) is 8.87 Å². The lowest BCUT2D eigenvalue weighted by molar-refractivity contribution is 0.0490. The van der Waals surface area contributed by atoms with Crippen molar-refractivity contribution in [2.24, 2.45) is 0 Å². The van der Waals surface area contributed by atoms with Crippen LogP contribution in [-0.2, 0) is 21.3 Å². The Morgan fingerprint density at radius 1 is 1.22 bits per heavy atom. The second-order valence-electron chi connectivity index (χ2n) is 6.00. The van der Waals surface area contributed by atoms with Crippen LogP contribution in [0, 0.1) is 13.8 Å². The van der Waals surface area contributed by atoms with Crippen molar-refractivity contribution in [2.75, 3.05) is 19.7 Å². The maximum Gasteiger partial charge on any atom is 0.338 e. The number of hydrogen-bond donors (Lipinski definition) is 0. The molecule has 2 rings (SSSR count). The van der Waals surface area contributed by atoms with Crippen LogP contribution in [0.5, 0.6) is 0 Å². The van der Waals surface area contributed by atoms with Gasteiger partial charge >= 0.3 is 10.8 Å². The van der Waals surface area contributed by atoms with Crippen LogP contribution in [-0.4, -0.2) is 43.0 Å². The highest BCUT2D eigenvalue weighted by Gasteiger charge is 2.25. The van der Waals surface area contributed by atoms with E-state index >= 15 is 0 Å². The molecule has 1 heterocycles. The van der Waals surface area contributed by atoms with Crippen LogP contribution in [0.2, 0.25) is 0 Å². The van der Waals surface area contributed by atoms with Gasteiger partial charge < -0.3 is 4.74 Å². The summed E-state index contributed by atoms with van der Waals surface area (Å²) >= 11 is 1.09. The second kappa shape index (κ2) is 8.81. The maximum atomic E-state index is 12.8. The zero-order chi connectivity index (χ0) is 20.2. The van der Waals surface area contributed by atoms with Gasteiger partial charge in [0.2, 0.25) is 10.0 Å². The molecule has 0 aliphatic carbocycles.